The number of phenols is 1. The predicted molar refractivity (Wildman–Crippen MR) is 66.9 cm³/mol. The highest BCUT2D eigenvalue weighted by atomic mass is 16.3. The van der Waals surface area contributed by atoms with E-state index in [-0.39, 0.29) is 5.75 Å². The minimum Gasteiger partial charge on any atom is -0.508 e. The molecule has 0 fully saturated rings. The third-order valence-corrected chi connectivity index (χ3v) is 2.53. The molecule has 0 amide bonds. The third-order valence-electron chi connectivity index (χ3n) is 2.53. The second-order valence-corrected chi connectivity index (χ2v) is 3.73. The number of nitrogens with zero attached hydrogens (tertiary/aromatic N) is 3. The molecule has 17 heavy (non-hydrogen) atoms. The van der Waals surface area contributed by atoms with E-state index >= 15 is 0 Å². The van der Waals surface area contributed by atoms with Crippen molar-refractivity contribution in [2.45, 2.75) is 13.5 Å². The van der Waals surface area contributed by atoms with Gasteiger partial charge >= 0.3 is 0 Å². The largest absolute Gasteiger partial charge is 0.508 e. The van der Waals surface area contributed by atoms with Crippen molar-refractivity contribution in [3.8, 4) is 5.75 Å². The van der Waals surface area contributed by atoms with Crippen molar-refractivity contribution in [3.63, 3.8) is 0 Å². The van der Waals surface area contributed by atoms with Crippen molar-refractivity contribution in [1.82, 2.24) is 9.97 Å². The van der Waals surface area contributed by atoms with Crippen LogP contribution in [0.25, 0.3) is 0 Å². The second-order valence-electron chi connectivity index (χ2n) is 3.73. The Bertz CT molecular complexity index is 456. The number of hydrogen-bond acceptors (Lipinski definition) is 4. The van der Waals surface area contributed by atoms with Gasteiger partial charge in [-0.2, -0.15) is 0 Å². The third kappa shape index (κ3) is 2.93. The fourth-order valence-corrected chi connectivity index (χ4v) is 1.60. The summed E-state index contributed by atoms with van der Waals surface area (Å²) in [6.45, 7) is 3.64. The zero-order valence-electron chi connectivity index (χ0n) is 9.74. The highest BCUT2D eigenvalue weighted by molar-refractivity contribution is 5.33. The first-order valence-corrected chi connectivity index (χ1v) is 5.59. The number of rotatable bonds is 4. The lowest BCUT2D eigenvalue weighted by atomic mass is 10.2. The van der Waals surface area contributed by atoms with Crippen molar-refractivity contribution in [3.05, 3.63) is 48.3 Å². The van der Waals surface area contributed by atoms with Gasteiger partial charge in [0, 0.05) is 25.5 Å². The van der Waals surface area contributed by atoms with Crippen LogP contribution in [0.5, 0.6) is 5.75 Å². The summed E-state index contributed by atoms with van der Waals surface area (Å²) in [5.74, 6) is 1.01. The van der Waals surface area contributed by atoms with Crippen molar-refractivity contribution in [2.24, 2.45) is 0 Å². The molecule has 2 aromatic rings. The molecule has 0 spiro atoms. The lowest BCUT2D eigenvalue weighted by Crippen LogP contribution is -2.23. The van der Waals surface area contributed by atoms with E-state index in [4.69, 9.17) is 0 Å². The van der Waals surface area contributed by atoms with E-state index < -0.39 is 0 Å². The fraction of sp³-hybridized carbons (Fsp3) is 0.231. The number of anilines is 1. The molecule has 0 radical (unpaired) electrons. The van der Waals surface area contributed by atoms with E-state index in [1.165, 1.54) is 0 Å². The molecule has 0 saturated carbocycles. The Morgan fingerprint density at radius 2 is 1.76 bits per heavy atom. The summed E-state index contributed by atoms with van der Waals surface area (Å²) in [4.78, 5) is 10.5. The van der Waals surface area contributed by atoms with Crippen LogP contribution in [-0.2, 0) is 6.54 Å². The van der Waals surface area contributed by atoms with Crippen LogP contribution in [0.4, 0.5) is 5.95 Å². The Morgan fingerprint density at radius 3 is 2.35 bits per heavy atom. The zero-order valence-corrected chi connectivity index (χ0v) is 9.74. The number of benzene rings is 1. The lowest BCUT2D eigenvalue weighted by molar-refractivity contribution is 0.475. The molecule has 4 heteroatoms. The fourth-order valence-electron chi connectivity index (χ4n) is 1.60. The maximum absolute atomic E-state index is 9.23. The molecular weight excluding hydrogens is 214 g/mol. The van der Waals surface area contributed by atoms with E-state index in [2.05, 4.69) is 21.8 Å². The highest BCUT2D eigenvalue weighted by Gasteiger charge is 2.07. The summed E-state index contributed by atoms with van der Waals surface area (Å²) in [5, 5.41) is 9.23. The molecule has 1 aromatic heterocycles. The maximum Gasteiger partial charge on any atom is 0.225 e. The highest BCUT2D eigenvalue weighted by Crippen LogP contribution is 2.14. The Morgan fingerprint density at radius 1 is 1.12 bits per heavy atom. The normalized spacial score (nSPS) is 10.2. The van der Waals surface area contributed by atoms with Crippen LogP contribution in [0.3, 0.4) is 0 Å². The Kier molecular flexibility index (Phi) is 3.55. The Labute approximate surface area is 101 Å². The number of hydrogen-bond donors (Lipinski definition) is 1. The van der Waals surface area contributed by atoms with Crippen LogP contribution in [0.2, 0.25) is 0 Å². The van der Waals surface area contributed by atoms with E-state index in [1.807, 2.05) is 12.1 Å². The minimum atomic E-state index is 0.285. The molecule has 1 heterocycles. The van der Waals surface area contributed by atoms with Crippen LogP contribution >= 0.6 is 0 Å². The summed E-state index contributed by atoms with van der Waals surface area (Å²) in [6, 6.07) is 8.99. The van der Waals surface area contributed by atoms with Gasteiger partial charge < -0.3 is 10.0 Å². The minimum absolute atomic E-state index is 0.285. The number of phenolic OH excluding ortho intramolecular Hbond substituents is 1. The summed E-state index contributed by atoms with van der Waals surface area (Å²) in [6.07, 6.45) is 3.48. The monoisotopic (exact) mass is 229 g/mol. The topological polar surface area (TPSA) is 49.2 Å². The average Bonchev–Trinajstić information content (AvgIpc) is 2.39. The molecule has 0 bridgehead atoms. The van der Waals surface area contributed by atoms with Crippen molar-refractivity contribution >= 4 is 5.95 Å². The van der Waals surface area contributed by atoms with Gasteiger partial charge in [-0.25, -0.2) is 9.97 Å². The molecule has 4 nitrogen and oxygen atoms in total. The molecule has 2 rings (SSSR count). The quantitative estimate of drug-likeness (QED) is 0.873. The van der Waals surface area contributed by atoms with Gasteiger partial charge in [0.05, 0.1) is 0 Å². The first kappa shape index (κ1) is 11.4. The van der Waals surface area contributed by atoms with Gasteiger partial charge in [0.2, 0.25) is 5.95 Å². The van der Waals surface area contributed by atoms with Crippen molar-refractivity contribution in [2.75, 3.05) is 11.4 Å². The van der Waals surface area contributed by atoms with Crippen LogP contribution in [-0.4, -0.2) is 21.6 Å². The lowest BCUT2D eigenvalue weighted by Gasteiger charge is -2.20. The Balaban J connectivity index is 2.13. The number of aromatic nitrogens is 2. The van der Waals surface area contributed by atoms with Gasteiger partial charge in [-0.1, -0.05) is 12.1 Å². The van der Waals surface area contributed by atoms with E-state index in [0.29, 0.717) is 0 Å². The van der Waals surface area contributed by atoms with E-state index in [0.717, 1.165) is 24.6 Å². The van der Waals surface area contributed by atoms with Gasteiger partial charge in [-0.05, 0) is 30.7 Å². The summed E-state index contributed by atoms with van der Waals surface area (Å²) in [5.41, 5.74) is 1.12. The molecular formula is C13H15N3O. The molecule has 0 unspecified atom stereocenters. The zero-order chi connectivity index (χ0) is 12.1. The van der Waals surface area contributed by atoms with Gasteiger partial charge in [-0.15, -0.1) is 0 Å². The Hall–Kier alpha value is -2.10. The van der Waals surface area contributed by atoms with Crippen LogP contribution in [0.1, 0.15) is 12.5 Å². The van der Waals surface area contributed by atoms with Gasteiger partial charge in [-0.3, -0.25) is 0 Å². The molecule has 0 aliphatic carbocycles. The first-order chi connectivity index (χ1) is 8.29. The standard InChI is InChI=1S/C13H15N3O/c1-2-16(13-14-8-3-9-15-13)10-11-4-6-12(17)7-5-11/h3-9,17H,2,10H2,1H3. The SMILES string of the molecule is CCN(Cc1ccc(O)cc1)c1ncccn1. The van der Waals surface area contributed by atoms with Gasteiger partial charge in [0.1, 0.15) is 5.75 Å². The van der Waals surface area contributed by atoms with Crippen LogP contribution in [0, 0.1) is 0 Å². The van der Waals surface area contributed by atoms with Crippen LogP contribution in [0.15, 0.2) is 42.7 Å². The predicted octanol–water partition coefficient (Wildman–Crippen LogP) is 2.21. The molecule has 0 atom stereocenters. The smallest absolute Gasteiger partial charge is 0.225 e. The van der Waals surface area contributed by atoms with E-state index in [1.54, 1.807) is 30.6 Å². The summed E-state index contributed by atoms with van der Waals surface area (Å²) < 4.78 is 0. The van der Waals surface area contributed by atoms with Crippen molar-refractivity contribution < 1.29 is 5.11 Å². The maximum atomic E-state index is 9.23. The van der Waals surface area contributed by atoms with Gasteiger partial charge in [0.25, 0.3) is 0 Å². The molecule has 1 aromatic carbocycles. The van der Waals surface area contributed by atoms with Gasteiger partial charge in [0.15, 0.2) is 0 Å². The molecule has 0 aliphatic rings. The average molecular weight is 229 g/mol. The molecule has 0 aliphatic heterocycles. The summed E-state index contributed by atoms with van der Waals surface area (Å²) in [7, 11) is 0. The first-order valence-electron chi connectivity index (χ1n) is 5.59. The number of aromatic hydroxyl groups is 1. The van der Waals surface area contributed by atoms with Crippen LogP contribution < -0.4 is 4.90 Å². The van der Waals surface area contributed by atoms with E-state index in [9.17, 15) is 5.11 Å². The summed E-state index contributed by atoms with van der Waals surface area (Å²) >= 11 is 0. The van der Waals surface area contributed by atoms with Crippen molar-refractivity contribution in [1.29, 1.82) is 0 Å². The molecule has 0 saturated heterocycles. The second kappa shape index (κ2) is 5.30. The molecule has 1 N–H and O–H groups in total. The molecule has 88 valence electrons.